The molecule has 0 saturated heterocycles. The van der Waals surface area contributed by atoms with Gasteiger partial charge in [-0.15, -0.1) is 0 Å². The van der Waals surface area contributed by atoms with E-state index in [9.17, 15) is 9.90 Å². The lowest BCUT2D eigenvalue weighted by molar-refractivity contribution is 0.0597. The van der Waals surface area contributed by atoms with Crippen LogP contribution in [-0.2, 0) is 12.0 Å². The number of thiophene rings is 1. The fourth-order valence-corrected chi connectivity index (χ4v) is 3.88. The third-order valence-electron chi connectivity index (χ3n) is 4.49. The van der Waals surface area contributed by atoms with E-state index in [1.165, 1.54) is 11.3 Å². The Bertz CT molecular complexity index is 713. The van der Waals surface area contributed by atoms with Crippen molar-refractivity contribution >= 4 is 17.4 Å². The molecule has 0 fully saturated rings. The van der Waals surface area contributed by atoms with E-state index in [4.69, 9.17) is 4.74 Å². The molecule has 24 heavy (non-hydrogen) atoms. The molecule has 1 aromatic heterocycles. The van der Waals surface area contributed by atoms with Crippen molar-refractivity contribution in [3.63, 3.8) is 0 Å². The molecule has 0 bridgehead atoms. The number of hydrogen-bond donors (Lipinski definition) is 3. The maximum atomic E-state index is 12.2. The molecular weight excluding hydrogens is 324 g/mol. The van der Waals surface area contributed by atoms with Gasteiger partial charge in [-0.25, -0.2) is 4.79 Å². The topological polar surface area (TPSA) is 70.6 Å². The number of amides is 2. The Labute approximate surface area is 145 Å². The Morgan fingerprint density at radius 1 is 1.46 bits per heavy atom. The minimum atomic E-state index is -1.08. The van der Waals surface area contributed by atoms with Gasteiger partial charge in [0.1, 0.15) is 11.4 Å². The molecule has 3 N–H and O–H groups in total. The van der Waals surface area contributed by atoms with Crippen LogP contribution < -0.4 is 15.4 Å². The predicted molar refractivity (Wildman–Crippen MR) is 94.5 cm³/mol. The Morgan fingerprint density at radius 2 is 2.29 bits per heavy atom. The highest BCUT2D eigenvalue weighted by Crippen LogP contribution is 2.36. The number of urea groups is 1. The highest BCUT2D eigenvalue weighted by molar-refractivity contribution is 7.08. The number of carbonyl (C=O) groups excluding carboxylic acids is 1. The van der Waals surface area contributed by atoms with Gasteiger partial charge in [0.2, 0.25) is 0 Å². The summed E-state index contributed by atoms with van der Waals surface area (Å²) in [6.45, 7) is 1.86. The van der Waals surface area contributed by atoms with E-state index in [0.29, 0.717) is 0 Å². The lowest BCUT2D eigenvalue weighted by Gasteiger charge is -2.24. The van der Waals surface area contributed by atoms with E-state index < -0.39 is 5.60 Å². The molecule has 2 aromatic rings. The summed E-state index contributed by atoms with van der Waals surface area (Å²) in [7, 11) is 1.66. The zero-order chi connectivity index (χ0) is 17.2. The van der Waals surface area contributed by atoms with E-state index in [2.05, 4.69) is 10.6 Å². The molecule has 6 heteroatoms. The molecule has 128 valence electrons. The molecule has 1 aromatic carbocycles. The Kier molecular flexibility index (Phi) is 4.78. The summed E-state index contributed by atoms with van der Waals surface area (Å²) < 4.78 is 5.38. The van der Waals surface area contributed by atoms with Gasteiger partial charge in [-0.05, 0) is 59.3 Å². The molecule has 1 heterocycles. The van der Waals surface area contributed by atoms with E-state index in [1.807, 2.05) is 35.0 Å². The summed E-state index contributed by atoms with van der Waals surface area (Å²) in [5, 5.41) is 20.0. The minimum absolute atomic E-state index is 0.0267. The zero-order valence-corrected chi connectivity index (χ0v) is 14.7. The van der Waals surface area contributed by atoms with Gasteiger partial charge in [0.15, 0.2) is 0 Å². The molecule has 2 amide bonds. The molecule has 3 rings (SSSR count). The third kappa shape index (κ3) is 3.39. The molecule has 0 aliphatic heterocycles. The van der Waals surface area contributed by atoms with Gasteiger partial charge in [0, 0.05) is 0 Å². The van der Waals surface area contributed by atoms with Crippen LogP contribution in [0.15, 0.2) is 35.0 Å². The van der Waals surface area contributed by atoms with Crippen molar-refractivity contribution in [2.75, 3.05) is 13.7 Å². The molecular formula is C18H22N2O3S. The summed E-state index contributed by atoms with van der Waals surface area (Å²) >= 11 is 1.52. The second-order valence-electron chi connectivity index (χ2n) is 6.23. The van der Waals surface area contributed by atoms with Crippen LogP contribution in [0, 0.1) is 0 Å². The number of fused-ring (bicyclic) bond motifs is 1. The largest absolute Gasteiger partial charge is 0.496 e. The average molecular weight is 346 g/mol. The predicted octanol–water partition coefficient (Wildman–Crippen LogP) is 2.95. The molecule has 0 spiro atoms. The van der Waals surface area contributed by atoms with Crippen molar-refractivity contribution in [1.82, 2.24) is 10.6 Å². The van der Waals surface area contributed by atoms with Crippen LogP contribution in [0.3, 0.4) is 0 Å². The normalized spacial score (nSPS) is 18.5. The van der Waals surface area contributed by atoms with Crippen LogP contribution in [0.4, 0.5) is 4.79 Å². The van der Waals surface area contributed by atoms with Gasteiger partial charge in [-0.3, -0.25) is 0 Å². The second kappa shape index (κ2) is 6.83. The van der Waals surface area contributed by atoms with Crippen LogP contribution in [0.2, 0.25) is 0 Å². The molecule has 0 saturated carbocycles. The summed E-state index contributed by atoms with van der Waals surface area (Å²) in [6.07, 6.45) is 1.74. The zero-order valence-electron chi connectivity index (χ0n) is 13.8. The van der Waals surface area contributed by atoms with Gasteiger partial charge in [-0.1, -0.05) is 12.1 Å². The monoisotopic (exact) mass is 346 g/mol. The van der Waals surface area contributed by atoms with E-state index in [0.717, 1.165) is 35.3 Å². The Hall–Kier alpha value is -2.05. The summed E-state index contributed by atoms with van der Waals surface area (Å²) in [5.41, 5.74) is 2.00. The lowest BCUT2D eigenvalue weighted by Crippen LogP contribution is -2.44. The van der Waals surface area contributed by atoms with E-state index in [1.54, 1.807) is 14.0 Å². The lowest BCUT2D eigenvalue weighted by atomic mass is 9.99. The van der Waals surface area contributed by atoms with Crippen molar-refractivity contribution < 1.29 is 14.6 Å². The summed E-state index contributed by atoms with van der Waals surface area (Å²) in [5.74, 6) is 0.873. The molecule has 0 unspecified atom stereocenters. The van der Waals surface area contributed by atoms with Gasteiger partial charge >= 0.3 is 6.03 Å². The third-order valence-corrected chi connectivity index (χ3v) is 5.17. The number of nitrogens with one attached hydrogen (secondary N) is 2. The first-order valence-corrected chi connectivity index (χ1v) is 8.91. The first-order chi connectivity index (χ1) is 11.5. The first-order valence-electron chi connectivity index (χ1n) is 7.96. The fraction of sp³-hybridized carbons (Fsp3) is 0.389. The summed E-state index contributed by atoms with van der Waals surface area (Å²) in [4.78, 5) is 12.2. The smallest absolute Gasteiger partial charge is 0.315 e. The summed E-state index contributed by atoms with van der Waals surface area (Å²) in [6, 6.07) is 7.48. The number of aliphatic hydroxyl groups is 1. The van der Waals surface area contributed by atoms with Crippen LogP contribution in [0.25, 0.3) is 0 Å². The molecule has 0 radical (unpaired) electrons. The van der Waals surface area contributed by atoms with Crippen LogP contribution in [-0.4, -0.2) is 24.8 Å². The van der Waals surface area contributed by atoms with Crippen LogP contribution in [0.5, 0.6) is 5.75 Å². The van der Waals surface area contributed by atoms with Crippen LogP contribution >= 0.6 is 11.3 Å². The Morgan fingerprint density at radius 3 is 3.00 bits per heavy atom. The molecule has 5 nitrogen and oxygen atoms in total. The maximum Gasteiger partial charge on any atom is 0.315 e. The standard InChI is InChI=1S/C18H22N2O3S/c1-18(22,12-8-9-24-10-12)11-19-17(21)20-15-7-6-14-13(15)4-3-5-16(14)23-2/h3-5,8-10,15,22H,6-7,11H2,1-2H3,(H2,19,20,21)/t15-,18+/m0/s1. The van der Waals surface area contributed by atoms with Crippen molar-refractivity contribution in [2.24, 2.45) is 0 Å². The highest BCUT2D eigenvalue weighted by atomic mass is 32.1. The molecule has 2 atom stereocenters. The number of benzene rings is 1. The second-order valence-corrected chi connectivity index (χ2v) is 7.01. The number of rotatable bonds is 5. The number of carbonyl (C=O) groups is 1. The van der Waals surface area contributed by atoms with E-state index in [-0.39, 0.29) is 18.6 Å². The van der Waals surface area contributed by atoms with Crippen molar-refractivity contribution in [1.29, 1.82) is 0 Å². The minimum Gasteiger partial charge on any atom is -0.496 e. The van der Waals surface area contributed by atoms with Crippen molar-refractivity contribution in [3.05, 3.63) is 51.7 Å². The number of ether oxygens (including phenoxy) is 1. The van der Waals surface area contributed by atoms with E-state index >= 15 is 0 Å². The first kappa shape index (κ1) is 16.8. The quantitative estimate of drug-likeness (QED) is 0.779. The van der Waals surface area contributed by atoms with Gasteiger partial charge in [0.05, 0.1) is 19.7 Å². The van der Waals surface area contributed by atoms with Gasteiger partial charge in [-0.2, -0.15) is 11.3 Å². The Balaban J connectivity index is 1.59. The number of methoxy groups -OCH3 is 1. The molecule has 1 aliphatic carbocycles. The van der Waals surface area contributed by atoms with Gasteiger partial charge in [0.25, 0.3) is 0 Å². The number of hydrogen-bond acceptors (Lipinski definition) is 4. The maximum absolute atomic E-state index is 12.2. The SMILES string of the molecule is COc1cccc2c1CC[C@@H]2NC(=O)NC[C@@](C)(O)c1ccsc1. The average Bonchev–Trinajstić information content (AvgIpc) is 3.23. The van der Waals surface area contributed by atoms with Crippen LogP contribution in [0.1, 0.15) is 36.1 Å². The highest BCUT2D eigenvalue weighted by Gasteiger charge is 2.28. The van der Waals surface area contributed by atoms with Crippen molar-refractivity contribution in [2.45, 2.75) is 31.4 Å². The fourth-order valence-electron chi connectivity index (χ4n) is 3.10. The molecule has 1 aliphatic rings. The van der Waals surface area contributed by atoms with Gasteiger partial charge < -0.3 is 20.5 Å². The van der Waals surface area contributed by atoms with Crippen molar-refractivity contribution in [3.8, 4) is 5.75 Å².